The third kappa shape index (κ3) is 4.00. The summed E-state index contributed by atoms with van der Waals surface area (Å²) in [5, 5.41) is 2.73. The van der Waals surface area contributed by atoms with Crippen LogP contribution < -0.4 is 15.0 Å². The topological polar surface area (TPSA) is 70.6 Å². The van der Waals surface area contributed by atoms with E-state index < -0.39 is 23.5 Å². The number of piperazine rings is 1. The van der Waals surface area contributed by atoms with Gasteiger partial charge in [0.2, 0.25) is 0 Å². The molecule has 1 fully saturated rings. The first kappa shape index (κ1) is 21.7. The molecule has 0 unspecified atom stereocenters. The molecule has 2 amide bonds. The van der Waals surface area contributed by atoms with Crippen LogP contribution in [-0.2, 0) is 0 Å². The number of carbonyl (C=O) groups is 1. The molecule has 1 aliphatic heterocycles. The van der Waals surface area contributed by atoms with Gasteiger partial charge < -0.3 is 14.5 Å². The quantitative estimate of drug-likeness (QED) is 0.617. The lowest BCUT2D eigenvalue weighted by molar-refractivity contribution is 0.208. The Morgan fingerprint density at radius 2 is 1.72 bits per heavy atom. The van der Waals surface area contributed by atoms with Crippen LogP contribution in [0.15, 0.2) is 24.3 Å². The van der Waals surface area contributed by atoms with E-state index >= 15 is 0 Å². The first-order valence-electron chi connectivity index (χ1n) is 10.1. The lowest BCUT2D eigenvalue weighted by atomic mass is 10.1. The van der Waals surface area contributed by atoms with Crippen molar-refractivity contribution in [3.8, 4) is 5.88 Å². The molecule has 0 spiro atoms. The van der Waals surface area contributed by atoms with E-state index in [9.17, 15) is 18.0 Å². The van der Waals surface area contributed by atoms with Gasteiger partial charge in [0.25, 0.3) is 5.88 Å². The Bertz CT molecular complexity index is 1200. The van der Waals surface area contributed by atoms with E-state index in [0.717, 1.165) is 11.6 Å². The van der Waals surface area contributed by atoms with Gasteiger partial charge in [0.15, 0.2) is 23.3 Å². The largest absolute Gasteiger partial charge is 0.478 e. The minimum absolute atomic E-state index is 0.0354. The maximum Gasteiger partial charge on any atom is 0.323 e. The summed E-state index contributed by atoms with van der Waals surface area (Å²) in [4.78, 5) is 24.9. The SMILES string of the molecule is COc1nc2ccc(C)cc2nc1NC(=O)N1CCN(c2cc(F)c(F)c(F)c2C)CC1. The van der Waals surface area contributed by atoms with Gasteiger partial charge in [-0.2, -0.15) is 0 Å². The molecule has 0 atom stereocenters. The van der Waals surface area contributed by atoms with Crippen molar-refractivity contribution in [2.75, 3.05) is 43.5 Å². The number of nitrogens with zero attached hydrogens (tertiary/aromatic N) is 4. The minimum atomic E-state index is -1.48. The van der Waals surface area contributed by atoms with Gasteiger partial charge in [-0.05, 0) is 31.5 Å². The average molecular weight is 445 g/mol. The molecule has 3 aromatic rings. The number of anilines is 2. The highest BCUT2D eigenvalue weighted by atomic mass is 19.2. The number of urea groups is 1. The molecule has 2 heterocycles. The third-order valence-electron chi connectivity index (χ3n) is 5.49. The lowest BCUT2D eigenvalue weighted by Gasteiger charge is -2.36. The molecule has 1 aliphatic rings. The Morgan fingerprint density at radius 3 is 2.41 bits per heavy atom. The van der Waals surface area contributed by atoms with Crippen molar-refractivity contribution in [1.82, 2.24) is 14.9 Å². The highest BCUT2D eigenvalue weighted by Crippen LogP contribution is 2.28. The van der Waals surface area contributed by atoms with E-state index in [1.165, 1.54) is 14.0 Å². The number of rotatable bonds is 3. The first-order chi connectivity index (χ1) is 15.3. The van der Waals surface area contributed by atoms with Gasteiger partial charge >= 0.3 is 6.03 Å². The maximum atomic E-state index is 13.9. The number of ether oxygens (including phenoxy) is 1. The van der Waals surface area contributed by atoms with Crippen LogP contribution in [0.25, 0.3) is 11.0 Å². The average Bonchev–Trinajstić information content (AvgIpc) is 2.79. The first-order valence-corrected chi connectivity index (χ1v) is 10.1. The number of halogens is 3. The van der Waals surface area contributed by atoms with E-state index in [-0.39, 0.29) is 22.9 Å². The van der Waals surface area contributed by atoms with Crippen molar-refractivity contribution < 1.29 is 22.7 Å². The zero-order chi connectivity index (χ0) is 23.0. The van der Waals surface area contributed by atoms with E-state index in [4.69, 9.17) is 4.74 Å². The van der Waals surface area contributed by atoms with Crippen molar-refractivity contribution in [3.05, 3.63) is 52.8 Å². The number of methoxy groups -OCH3 is 1. The molecular formula is C22H22F3N5O2. The number of carbonyl (C=O) groups excluding carboxylic acids is 1. The molecule has 1 aromatic heterocycles. The van der Waals surface area contributed by atoms with Gasteiger partial charge in [-0.1, -0.05) is 6.07 Å². The number of aromatic nitrogens is 2. The number of aryl methyl sites for hydroxylation is 1. The van der Waals surface area contributed by atoms with Gasteiger partial charge in [-0.25, -0.2) is 27.9 Å². The number of hydrogen-bond donors (Lipinski definition) is 1. The van der Waals surface area contributed by atoms with E-state index in [0.29, 0.717) is 37.2 Å². The monoisotopic (exact) mass is 445 g/mol. The summed E-state index contributed by atoms with van der Waals surface area (Å²) in [5.74, 6) is -3.51. The van der Waals surface area contributed by atoms with Crippen molar-refractivity contribution in [2.45, 2.75) is 13.8 Å². The van der Waals surface area contributed by atoms with Crippen LogP contribution >= 0.6 is 0 Å². The number of amides is 2. The van der Waals surface area contributed by atoms with Crippen LogP contribution in [-0.4, -0.2) is 54.2 Å². The normalized spacial score (nSPS) is 14.1. The van der Waals surface area contributed by atoms with Gasteiger partial charge in [0.1, 0.15) is 0 Å². The van der Waals surface area contributed by atoms with Crippen molar-refractivity contribution in [1.29, 1.82) is 0 Å². The molecule has 168 valence electrons. The number of nitrogens with one attached hydrogen (secondary N) is 1. The standard InChI is InChI=1S/C22H22F3N5O2/c1-12-4-5-15-16(10-12)26-20(21(27-15)32-3)28-22(31)30-8-6-29(7-9-30)17-11-14(23)19(25)18(24)13(17)2/h4-5,10-11H,6-9H2,1-3H3,(H,26,28,31). The molecule has 0 radical (unpaired) electrons. The number of hydrogen-bond acceptors (Lipinski definition) is 5. The van der Waals surface area contributed by atoms with Gasteiger partial charge in [0.05, 0.1) is 18.1 Å². The van der Waals surface area contributed by atoms with Crippen molar-refractivity contribution in [3.63, 3.8) is 0 Å². The molecule has 10 heteroatoms. The summed E-state index contributed by atoms with van der Waals surface area (Å²) in [6.45, 7) is 4.60. The fraction of sp³-hybridized carbons (Fsp3) is 0.318. The second kappa shape index (κ2) is 8.52. The maximum absolute atomic E-state index is 13.9. The summed E-state index contributed by atoms with van der Waals surface area (Å²) in [7, 11) is 1.45. The Kier molecular flexibility index (Phi) is 5.77. The van der Waals surface area contributed by atoms with Gasteiger partial charge in [0, 0.05) is 43.5 Å². The molecular weight excluding hydrogens is 423 g/mol. The molecule has 0 bridgehead atoms. The van der Waals surface area contributed by atoms with Crippen LogP contribution in [0.4, 0.5) is 29.5 Å². The second-order valence-corrected chi connectivity index (χ2v) is 7.61. The molecule has 1 N–H and O–H groups in total. The molecule has 4 rings (SSSR count). The molecule has 2 aromatic carbocycles. The predicted octanol–water partition coefficient (Wildman–Crippen LogP) is 4.03. The Balaban J connectivity index is 1.48. The number of benzene rings is 2. The zero-order valence-electron chi connectivity index (χ0n) is 17.9. The summed E-state index contributed by atoms with van der Waals surface area (Å²) in [5.41, 5.74) is 2.59. The van der Waals surface area contributed by atoms with Crippen molar-refractivity contribution in [2.24, 2.45) is 0 Å². The van der Waals surface area contributed by atoms with E-state index in [2.05, 4.69) is 15.3 Å². The van der Waals surface area contributed by atoms with E-state index in [1.54, 1.807) is 9.80 Å². The van der Waals surface area contributed by atoms with Crippen LogP contribution in [0.1, 0.15) is 11.1 Å². The third-order valence-corrected chi connectivity index (χ3v) is 5.49. The molecule has 32 heavy (non-hydrogen) atoms. The van der Waals surface area contributed by atoms with E-state index in [1.807, 2.05) is 25.1 Å². The zero-order valence-corrected chi connectivity index (χ0v) is 17.9. The Hall–Kier alpha value is -3.56. The summed E-state index contributed by atoms with van der Waals surface area (Å²) in [6.07, 6.45) is 0. The number of fused-ring (bicyclic) bond motifs is 1. The van der Waals surface area contributed by atoms with Crippen LogP contribution in [0.2, 0.25) is 0 Å². The fourth-order valence-electron chi connectivity index (χ4n) is 3.70. The second-order valence-electron chi connectivity index (χ2n) is 7.61. The Morgan fingerprint density at radius 1 is 1.00 bits per heavy atom. The fourth-order valence-corrected chi connectivity index (χ4v) is 3.70. The summed E-state index contributed by atoms with van der Waals surface area (Å²) < 4.78 is 46.3. The molecule has 1 saturated heterocycles. The molecule has 0 aliphatic carbocycles. The van der Waals surface area contributed by atoms with Crippen molar-refractivity contribution >= 4 is 28.6 Å². The van der Waals surface area contributed by atoms with Crippen LogP contribution in [0.3, 0.4) is 0 Å². The highest BCUT2D eigenvalue weighted by Gasteiger charge is 2.26. The minimum Gasteiger partial charge on any atom is -0.478 e. The van der Waals surface area contributed by atoms with Gasteiger partial charge in [-0.15, -0.1) is 0 Å². The predicted molar refractivity (Wildman–Crippen MR) is 115 cm³/mol. The smallest absolute Gasteiger partial charge is 0.323 e. The highest BCUT2D eigenvalue weighted by molar-refractivity contribution is 5.91. The molecule has 7 nitrogen and oxygen atoms in total. The van der Waals surface area contributed by atoms with Crippen LogP contribution in [0.5, 0.6) is 5.88 Å². The molecule has 0 saturated carbocycles. The summed E-state index contributed by atoms with van der Waals surface area (Å²) >= 11 is 0. The van der Waals surface area contributed by atoms with Gasteiger partial charge in [-0.3, -0.25) is 5.32 Å². The lowest BCUT2D eigenvalue weighted by Crippen LogP contribution is -2.50. The van der Waals surface area contributed by atoms with Crippen LogP contribution in [0, 0.1) is 31.3 Å². The Labute approximate surface area is 182 Å². The summed E-state index contributed by atoms with van der Waals surface area (Å²) in [6, 6.07) is 6.20.